The van der Waals surface area contributed by atoms with Crippen molar-refractivity contribution < 1.29 is 19.1 Å². The Bertz CT molecular complexity index is 1630. The van der Waals surface area contributed by atoms with E-state index < -0.39 is 39.4 Å². The van der Waals surface area contributed by atoms with Gasteiger partial charge >= 0.3 is 5.97 Å². The van der Waals surface area contributed by atoms with Crippen LogP contribution in [0.2, 0.25) is 5.02 Å². The van der Waals surface area contributed by atoms with Crippen molar-refractivity contribution in [3.63, 3.8) is 0 Å². The number of hydrogen-bond donors (Lipinski definition) is 0. The minimum atomic E-state index is -1.28. The van der Waals surface area contributed by atoms with E-state index in [0.717, 1.165) is 27.2 Å². The first-order chi connectivity index (χ1) is 19.3. The maximum Gasteiger partial charge on any atom is 0.338 e. The monoisotopic (exact) mass is 587 g/mol. The van der Waals surface area contributed by atoms with Crippen molar-refractivity contribution in [1.82, 2.24) is 0 Å². The third-order valence-electron chi connectivity index (χ3n) is 8.24. The summed E-state index contributed by atoms with van der Waals surface area (Å²) in [5.41, 5.74) is 4.02. The van der Waals surface area contributed by atoms with E-state index in [4.69, 9.17) is 39.5 Å². The van der Waals surface area contributed by atoms with Crippen molar-refractivity contribution in [2.24, 2.45) is 11.8 Å². The summed E-state index contributed by atoms with van der Waals surface area (Å²) in [6, 6.07) is 28.3. The molecule has 1 fully saturated rings. The van der Waals surface area contributed by atoms with Crippen molar-refractivity contribution in [3.05, 3.63) is 135 Å². The van der Waals surface area contributed by atoms with E-state index >= 15 is 0 Å². The van der Waals surface area contributed by atoms with Gasteiger partial charge in [0.1, 0.15) is 16.4 Å². The summed E-state index contributed by atoms with van der Waals surface area (Å²) in [4.78, 5) is 39.8. The molecule has 2 amide bonds. The average Bonchev–Trinajstić information content (AvgIpc) is 3.26. The molecule has 0 unspecified atom stereocenters. The predicted octanol–water partition coefficient (Wildman–Crippen LogP) is 6.79. The highest BCUT2D eigenvalue weighted by atomic mass is 35.5. The second-order valence-corrected chi connectivity index (χ2v) is 11.8. The van der Waals surface area contributed by atoms with Crippen LogP contribution in [0.3, 0.4) is 0 Å². The fourth-order valence-electron chi connectivity index (χ4n) is 6.54. The molecule has 198 valence electrons. The van der Waals surface area contributed by atoms with Gasteiger partial charge in [0, 0.05) is 10.6 Å². The Balaban J connectivity index is 1.28. The normalized spacial score (nSPS) is 25.8. The molecule has 0 spiro atoms. The van der Waals surface area contributed by atoms with Crippen LogP contribution < -0.4 is 4.90 Å². The van der Waals surface area contributed by atoms with Crippen LogP contribution in [-0.4, -0.2) is 17.8 Å². The molecule has 1 heterocycles. The first-order valence-corrected chi connectivity index (χ1v) is 13.9. The largest absolute Gasteiger partial charge is 0.457 e. The zero-order chi connectivity index (χ0) is 27.8. The van der Waals surface area contributed by atoms with Gasteiger partial charge in [-0.15, -0.1) is 23.2 Å². The molecule has 0 aromatic heterocycles. The summed E-state index contributed by atoms with van der Waals surface area (Å²) in [6.45, 7) is -0.0193. The third kappa shape index (κ3) is 3.26. The van der Waals surface area contributed by atoms with Crippen molar-refractivity contribution in [2.45, 2.75) is 16.4 Å². The van der Waals surface area contributed by atoms with Gasteiger partial charge in [-0.1, -0.05) is 84.4 Å². The molecule has 8 rings (SSSR count). The van der Waals surface area contributed by atoms with Gasteiger partial charge in [0.05, 0.1) is 23.1 Å². The number of ether oxygens (including phenoxy) is 1. The molecule has 1 aliphatic heterocycles. The molecule has 0 saturated carbocycles. The predicted molar refractivity (Wildman–Crippen MR) is 153 cm³/mol. The van der Waals surface area contributed by atoms with Gasteiger partial charge in [-0.3, -0.25) is 9.59 Å². The van der Waals surface area contributed by atoms with Crippen molar-refractivity contribution >= 4 is 58.3 Å². The van der Waals surface area contributed by atoms with E-state index in [9.17, 15) is 14.4 Å². The van der Waals surface area contributed by atoms with Gasteiger partial charge in [-0.25, -0.2) is 9.69 Å². The summed E-state index contributed by atoms with van der Waals surface area (Å²) in [7, 11) is 0. The summed E-state index contributed by atoms with van der Waals surface area (Å²) in [6.07, 6.45) is 0. The number of carbonyl (C=O) groups excluding carboxylic acids is 3. The molecule has 5 nitrogen and oxygen atoms in total. The molecular formula is C32H20Cl3NO4. The smallest absolute Gasteiger partial charge is 0.338 e. The van der Waals surface area contributed by atoms with Crippen molar-refractivity contribution in [3.8, 4) is 0 Å². The summed E-state index contributed by atoms with van der Waals surface area (Å²) < 4.78 is 5.47. The minimum Gasteiger partial charge on any atom is -0.457 e. The Hall–Kier alpha value is -3.64. The fraction of sp³-hybridized carbons (Fsp3) is 0.156. The molecule has 0 N–H and O–H groups in total. The SMILES string of the molecule is O=C(OCc1ccccc1Cl)c1cccc(N2C(=O)[C@@H]3[C@H](C2=O)C2(Cl)c4ccccc4C3(Cl)c3ccccc32)c1. The number of hydrogen-bond acceptors (Lipinski definition) is 4. The van der Waals surface area contributed by atoms with E-state index in [1.807, 2.05) is 48.5 Å². The second kappa shape index (κ2) is 8.93. The topological polar surface area (TPSA) is 63.7 Å². The number of amides is 2. The van der Waals surface area contributed by atoms with Gasteiger partial charge in [0.15, 0.2) is 0 Å². The zero-order valence-electron chi connectivity index (χ0n) is 20.8. The number of esters is 1. The second-order valence-electron chi connectivity index (χ2n) is 10.2. The molecule has 40 heavy (non-hydrogen) atoms. The number of anilines is 1. The molecule has 4 aromatic carbocycles. The van der Waals surface area contributed by atoms with E-state index in [0.29, 0.717) is 10.6 Å². The molecule has 3 aliphatic carbocycles. The van der Waals surface area contributed by atoms with Gasteiger partial charge in [-0.05, 0) is 46.5 Å². The first-order valence-electron chi connectivity index (χ1n) is 12.7. The molecule has 1 saturated heterocycles. The van der Waals surface area contributed by atoms with Crippen LogP contribution in [0.15, 0.2) is 97.1 Å². The Morgan fingerprint density at radius 1 is 0.725 bits per heavy atom. The Kier molecular flexibility index (Phi) is 5.66. The number of halogens is 3. The summed E-state index contributed by atoms with van der Waals surface area (Å²) >= 11 is 21.2. The van der Waals surface area contributed by atoms with E-state index in [-0.39, 0.29) is 17.9 Å². The molecule has 4 aliphatic rings. The number of nitrogens with zero attached hydrogens (tertiary/aromatic N) is 1. The van der Waals surface area contributed by atoms with Crippen LogP contribution in [-0.2, 0) is 30.7 Å². The van der Waals surface area contributed by atoms with Crippen molar-refractivity contribution in [1.29, 1.82) is 0 Å². The number of rotatable bonds is 4. The average molecular weight is 589 g/mol. The quantitative estimate of drug-likeness (QED) is 0.150. The standard InChI is InChI=1S/C32H20Cl3NO4/c33-25-15-6-1-8-19(25)17-40-30(39)18-9-7-10-20(16-18)36-28(37)26-27(29(36)38)32(35)22-12-3-2-11-21(22)31(26,34)23-13-4-5-14-24(23)32/h1-16,26-27H,17H2/t26-,27+,31?,32?. The minimum absolute atomic E-state index is 0.0193. The number of benzene rings is 4. The summed E-state index contributed by atoms with van der Waals surface area (Å²) in [5.74, 6) is -3.39. The molecule has 0 radical (unpaired) electrons. The van der Waals surface area contributed by atoms with Crippen LogP contribution >= 0.6 is 34.8 Å². The Morgan fingerprint density at radius 2 is 1.23 bits per heavy atom. The van der Waals surface area contributed by atoms with E-state index in [1.165, 1.54) is 6.07 Å². The van der Waals surface area contributed by atoms with Gasteiger partial charge in [-0.2, -0.15) is 0 Å². The lowest BCUT2D eigenvalue weighted by Gasteiger charge is -2.54. The van der Waals surface area contributed by atoms with Crippen molar-refractivity contribution in [2.75, 3.05) is 4.90 Å². The highest BCUT2D eigenvalue weighted by Gasteiger charge is 2.73. The van der Waals surface area contributed by atoms with Gasteiger partial charge in [0.2, 0.25) is 11.8 Å². The van der Waals surface area contributed by atoms with Crippen LogP contribution in [0.4, 0.5) is 5.69 Å². The Morgan fingerprint density at radius 3 is 1.75 bits per heavy atom. The Labute approximate surface area is 245 Å². The number of carbonyl (C=O) groups is 3. The number of imide groups is 1. The lowest BCUT2D eigenvalue weighted by atomic mass is 9.54. The molecule has 8 heteroatoms. The number of alkyl halides is 2. The molecule has 2 atom stereocenters. The lowest BCUT2D eigenvalue weighted by Crippen LogP contribution is -2.57. The molecule has 4 aromatic rings. The lowest BCUT2D eigenvalue weighted by molar-refractivity contribution is -0.122. The van der Waals surface area contributed by atoms with E-state index in [2.05, 4.69) is 0 Å². The van der Waals surface area contributed by atoms with Gasteiger partial charge < -0.3 is 4.74 Å². The maximum atomic E-state index is 14.2. The highest BCUT2D eigenvalue weighted by molar-refractivity contribution is 6.38. The zero-order valence-corrected chi connectivity index (χ0v) is 23.1. The highest BCUT2D eigenvalue weighted by Crippen LogP contribution is 2.69. The maximum absolute atomic E-state index is 14.2. The molecular weight excluding hydrogens is 569 g/mol. The van der Waals surface area contributed by atoms with Gasteiger partial charge in [0.25, 0.3) is 0 Å². The van der Waals surface area contributed by atoms with E-state index in [1.54, 1.807) is 42.5 Å². The molecule has 2 bridgehead atoms. The van der Waals surface area contributed by atoms with Crippen LogP contribution in [0, 0.1) is 11.8 Å². The fourth-order valence-corrected chi connectivity index (χ4v) is 7.82. The van der Waals surface area contributed by atoms with Crippen LogP contribution in [0.5, 0.6) is 0 Å². The first kappa shape index (κ1) is 25.3. The van der Waals surface area contributed by atoms with Crippen LogP contribution in [0.1, 0.15) is 38.2 Å². The third-order valence-corrected chi connectivity index (χ3v) is 9.90. The summed E-state index contributed by atoms with van der Waals surface area (Å²) in [5, 5.41) is 0.488. The van der Waals surface area contributed by atoms with Crippen LogP contribution in [0.25, 0.3) is 0 Å².